The van der Waals surface area contributed by atoms with Crippen LogP contribution < -0.4 is 4.74 Å². The molecule has 6 heteroatoms. The SMILES string of the molecule is CCCOc1ccc(-c2cc(C(F)(F)F)cc(Cl)n2)cc1. The lowest BCUT2D eigenvalue weighted by molar-refractivity contribution is -0.137. The van der Waals surface area contributed by atoms with E-state index in [2.05, 4.69) is 4.98 Å². The molecule has 2 rings (SSSR count). The fourth-order valence-corrected chi connectivity index (χ4v) is 1.96. The molecule has 2 aromatic rings. The number of hydrogen-bond donors (Lipinski definition) is 0. The number of ether oxygens (including phenoxy) is 1. The van der Waals surface area contributed by atoms with Gasteiger partial charge in [-0.05, 0) is 42.8 Å². The molecule has 1 heterocycles. The van der Waals surface area contributed by atoms with Gasteiger partial charge in [0.25, 0.3) is 0 Å². The molecule has 0 radical (unpaired) electrons. The van der Waals surface area contributed by atoms with Crippen molar-refractivity contribution in [2.24, 2.45) is 0 Å². The maximum absolute atomic E-state index is 12.8. The molecular weight excluding hydrogens is 303 g/mol. The fraction of sp³-hybridized carbons (Fsp3) is 0.267. The Morgan fingerprint density at radius 3 is 2.38 bits per heavy atom. The number of halogens is 4. The Labute approximate surface area is 125 Å². The summed E-state index contributed by atoms with van der Waals surface area (Å²) in [7, 11) is 0. The van der Waals surface area contributed by atoms with Crippen molar-refractivity contribution >= 4 is 11.6 Å². The lowest BCUT2D eigenvalue weighted by atomic mass is 10.1. The molecule has 112 valence electrons. The number of alkyl halides is 3. The topological polar surface area (TPSA) is 22.1 Å². The van der Waals surface area contributed by atoms with Crippen molar-refractivity contribution in [1.82, 2.24) is 4.98 Å². The third-order valence-electron chi connectivity index (χ3n) is 2.74. The molecule has 21 heavy (non-hydrogen) atoms. The van der Waals surface area contributed by atoms with Crippen molar-refractivity contribution in [2.75, 3.05) is 6.61 Å². The number of benzene rings is 1. The third kappa shape index (κ3) is 4.11. The highest BCUT2D eigenvalue weighted by Crippen LogP contribution is 2.33. The minimum absolute atomic E-state index is 0.178. The second-order valence-corrected chi connectivity index (χ2v) is 4.82. The Hall–Kier alpha value is -1.75. The number of rotatable bonds is 4. The molecule has 1 aromatic carbocycles. The first-order valence-electron chi connectivity index (χ1n) is 6.38. The second kappa shape index (κ2) is 6.35. The van der Waals surface area contributed by atoms with Crippen molar-refractivity contribution in [3.63, 3.8) is 0 Å². The standard InChI is InChI=1S/C15H13ClF3NO/c1-2-7-21-12-5-3-10(4-6-12)13-8-11(15(17,18)19)9-14(16)20-13/h3-6,8-9H,2,7H2,1H3. The predicted octanol–water partition coefficient (Wildman–Crippen LogP) is 5.21. The second-order valence-electron chi connectivity index (χ2n) is 4.43. The molecule has 0 unspecified atom stereocenters. The van der Waals surface area contributed by atoms with Crippen LogP contribution in [-0.2, 0) is 6.18 Å². The fourth-order valence-electron chi connectivity index (χ4n) is 1.75. The van der Waals surface area contributed by atoms with Crippen LogP contribution in [0.2, 0.25) is 5.15 Å². The molecule has 0 fully saturated rings. The van der Waals surface area contributed by atoms with Gasteiger partial charge < -0.3 is 4.74 Å². The summed E-state index contributed by atoms with van der Waals surface area (Å²) in [4.78, 5) is 3.93. The van der Waals surface area contributed by atoms with E-state index < -0.39 is 11.7 Å². The molecule has 0 aliphatic carbocycles. The Morgan fingerprint density at radius 1 is 1.14 bits per heavy atom. The van der Waals surface area contributed by atoms with E-state index in [9.17, 15) is 13.2 Å². The summed E-state index contributed by atoms with van der Waals surface area (Å²) in [5.74, 6) is 0.665. The average molecular weight is 316 g/mol. The van der Waals surface area contributed by atoms with Gasteiger partial charge in [0.1, 0.15) is 10.9 Å². The highest BCUT2D eigenvalue weighted by molar-refractivity contribution is 6.29. The van der Waals surface area contributed by atoms with Crippen molar-refractivity contribution in [3.8, 4) is 17.0 Å². The summed E-state index contributed by atoms with van der Waals surface area (Å²) < 4.78 is 43.7. The summed E-state index contributed by atoms with van der Waals surface area (Å²) in [5.41, 5.74) is -0.0903. The maximum atomic E-state index is 12.8. The molecule has 0 aliphatic rings. The van der Waals surface area contributed by atoms with Crippen molar-refractivity contribution < 1.29 is 17.9 Å². The van der Waals surface area contributed by atoms with E-state index in [1.54, 1.807) is 24.3 Å². The quantitative estimate of drug-likeness (QED) is 0.723. The zero-order valence-corrected chi connectivity index (χ0v) is 12.0. The van der Waals surface area contributed by atoms with E-state index in [0.29, 0.717) is 17.9 Å². The van der Waals surface area contributed by atoms with Crippen molar-refractivity contribution in [1.29, 1.82) is 0 Å². The average Bonchev–Trinajstić information content (AvgIpc) is 2.44. The molecule has 0 N–H and O–H groups in total. The third-order valence-corrected chi connectivity index (χ3v) is 2.94. The Morgan fingerprint density at radius 2 is 1.81 bits per heavy atom. The van der Waals surface area contributed by atoms with Crippen LogP contribution in [0.3, 0.4) is 0 Å². The van der Waals surface area contributed by atoms with Gasteiger partial charge in [0, 0.05) is 5.56 Å². The monoisotopic (exact) mass is 315 g/mol. The molecule has 2 nitrogen and oxygen atoms in total. The first kappa shape index (κ1) is 15.6. The van der Waals surface area contributed by atoms with Gasteiger partial charge in [0.05, 0.1) is 17.9 Å². The first-order valence-corrected chi connectivity index (χ1v) is 6.76. The zero-order valence-electron chi connectivity index (χ0n) is 11.2. The van der Waals surface area contributed by atoms with E-state index in [0.717, 1.165) is 18.6 Å². The zero-order chi connectivity index (χ0) is 15.5. The van der Waals surface area contributed by atoms with Gasteiger partial charge >= 0.3 is 6.18 Å². The predicted molar refractivity (Wildman–Crippen MR) is 75.5 cm³/mol. The van der Waals surface area contributed by atoms with Crippen LogP contribution in [0.5, 0.6) is 5.75 Å². The lowest BCUT2D eigenvalue weighted by Crippen LogP contribution is -2.05. The van der Waals surface area contributed by atoms with Crippen LogP contribution in [0.1, 0.15) is 18.9 Å². The molecule has 0 atom stereocenters. The van der Waals surface area contributed by atoms with Gasteiger partial charge in [-0.2, -0.15) is 13.2 Å². The molecule has 0 amide bonds. The summed E-state index contributed by atoms with van der Waals surface area (Å²) in [6.45, 7) is 2.58. The lowest BCUT2D eigenvalue weighted by Gasteiger charge is -2.10. The number of nitrogens with zero attached hydrogens (tertiary/aromatic N) is 1. The van der Waals surface area contributed by atoms with Gasteiger partial charge in [0.2, 0.25) is 0 Å². The minimum Gasteiger partial charge on any atom is -0.494 e. The molecule has 0 bridgehead atoms. The van der Waals surface area contributed by atoms with Crippen LogP contribution in [-0.4, -0.2) is 11.6 Å². The molecule has 0 saturated heterocycles. The highest BCUT2D eigenvalue weighted by Gasteiger charge is 2.31. The number of hydrogen-bond acceptors (Lipinski definition) is 2. The smallest absolute Gasteiger partial charge is 0.416 e. The van der Waals surface area contributed by atoms with Gasteiger partial charge in [-0.25, -0.2) is 4.98 Å². The summed E-state index contributed by atoms with van der Waals surface area (Å²) >= 11 is 5.67. The Bertz CT molecular complexity index is 611. The first-order chi connectivity index (χ1) is 9.90. The van der Waals surface area contributed by atoms with E-state index in [1.807, 2.05) is 6.92 Å². The van der Waals surface area contributed by atoms with E-state index >= 15 is 0 Å². The molecule has 1 aromatic heterocycles. The Kier molecular flexibility index (Phi) is 4.73. The summed E-state index contributed by atoms with van der Waals surface area (Å²) in [6.07, 6.45) is -3.57. The highest BCUT2D eigenvalue weighted by atomic mass is 35.5. The Balaban J connectivity index is 2.31. The minimum atomic E-state index is -4.45. The van der Waals surface area contributed by atoms with Crippen LogP contribution in [0.25, 0.3) is 11.3 Å². The van der Waals surface area contributed by atoms with E-state index in [-0.39, 0.29) is 10.8 Å². The van der Waals surface area contributed by atoms with Crippen LogP contribution >= 0.6 is 11.6 Å². The van der Waals surface area contributed by atoms with Gasteiger partial charge in [-0.15, -0.1) is 0 Å². The van der Waals surface area contributed by atoms with Crippen molar-refractivity contribution in [3.05, 3.63) is 47.1 Å². The van der Waals surface area contributed by atoms with Gasteiger partial charge in [-0.3, -0.25) is 0 Å². The number of pyridine rings is 1. The van der Waals surface area contributed by atoms with Crippen molar-refractivity contribution in [2.45, 2.75) is 19.5 Å². The molecule has 0 saturated carbocycles. The molecule has 0 spiro atoms. The largest absolute Gasteiger partial charge is 0.494 e. The van der Waals surface area contributed by atoms with Gasteiger partial charge in [0.15, 0.2) is 0 Å². The summed E-state index contributed by atoms with van der Waals surface area (Å²) in [5, 5.41) is -0.189. The van der Waals surface area contributed by atoms with Crippen LogP contribution in [0.4, 0.5) is 13.2 Å². The van der Waals surface area contributed by atoms with E-state index in [4.69, 9.17) is 16.3 Å². The maximum Gasteiger partial charge on any atom is 0.416 e. The van der Waals surface area contributed by atoms with Crippen LogP contribution in [0.15, 0.2) is 36.4 Å². The number of aromatic nitrogens is 1. The normalized spacial score (nSPS) is 11.5. The van der Waals surface area contributed by atoms with E-state index in [1.165, 1.54) is 0 Å². The van der Waals surface area contributed by atoms with Gasteiger partial charge in [-0.1, -0.05) is 18.5 Å². The summed E-state index contributed by atoms with van der Waals surface area (Å²) in [6, 6.07) is 8.49. The van der Waals surface area contributed by atoms with Crippen LogP contribution in [0, 0.1) is 0 Å². The molecular formula is C15H13ClF3NO. The molecule has 0 aliphatic heterocycles.